The largest absolute Gasteiger partial charge is 0.493 e. The quantitative estimate of drug-likeness (QED) is 0.801. The molecule has 1 aliphatic carbocycles. The van der Waals surface area contributed by atoms with Crippen LogP contribution in [0.4, 0.5) is 5.69 Å². The van der Waals surface area contributed by atoms with E-state index in [1.807, 2.05) is 18.2 Å². The van der Waals surface area contributed by atoms with Crippen LogP contribution in [-0.2, 0) is 11.3 Å². The number of rotatable bonds is 6. The van der Waals surface area contributed by atoms with Gasteiger partial charge in [0.15, 0.2) is 18.1 Å². The highest BCUT2D eigenvalue weighted by atomic mass is 16.5. The third kappa shape index (κ3) is 3.99. The zero-order valence-electron chi connectivity index (χ0n) is 16.2. The summed E-state index contributed by atoms with van der Waals surface area (Å²) in [4.78, 5) is 25.3. The van der Waals surface area contributed by atoms with Gasteiger partial charge in [-0.15, -0.1) is 0 Å². The van der Waals surface area contributed by atoms with Gasteiger partial charge in [-0.05, 0) is 61.6 Å². The van der Waals surface area contributed by atoms with Crippen LogP contribution in [0, 0.1) is 0 Å². The van der Waals surface area contributed by atoms with E-state index >= 15 is 0 Å². The number of hydrogen-bond donors (Lipinski definition) is 1. The van der Waals surface area contributed by atoms with Gasteiger partial charge in [-0.25, -0.2) is 4.79 Å². The van der Waals surface area contributed by atoms with E-state index in [0.717, 1.165) is 18.4 Å². The molecule has 1 heterocycles. The van der Waals surface area contributed by atoms with Gasteiger partial charge in [0.05, 0.1) is 31.0 Å². The number of amides is 1. The Morgan fingerprint density at radius 1 is 1.17 bits per heavy atom. The minimum absolute atomic E-state index is 0.120. The maximum Gasteiger partial charge on any atom is 0.335 e. The van der Waals surface area contributed by atoms with Gasteiger partial charge in [0, 0.05) is 0 Å². The third-order valence-electron chi connectivity index (χ3n) is 5.31. The first-order valence-electron chi connectivity index (χ1n) is 9.69. The van der Waals surface area contributed by atoms with E-state index in [1.165, 1.54) is 25.0 Å². The molecule has 1 amide bonds. The molecule has 2 aromatic rings. The number of benzene rings is 2. The second kappa shape index (κ2) is 8.03. The number of carboxylic acids is 1. The lowest BCUT2D eigenvalue weighted by Crippen LogP contribution is -2.38. The number of carbonyl (C=O) groups is 2. The molecule has 0 atom stereocenters. The molecule has 1 aliphatic heterocycles. The maximum atomic E-state index is 12.5. The van der Waals surface area contributed by atoms with Crippen molar-refractivity contribution in [3.63, 3.8) is 0 Å². The van der Waals surface area contributed by atoms with Crippen LogP contribution in [0.2, 0.25) is 0 Å². The maximum absolute atomic E-state index is 12.5. The molecule has 1 fully saturated rings. The van der Waals surface area contributed by atoms with Crippen LogP contribution in [0.5, 0.6) is 17.2 Å². The second-order valence-corrected chi connectivity index (χ2v) is 7.27. The molecule has 2 aromatic carbocycles. The smallest absolute Gasteiger partial charge is 0.335 e. The molecule has 0 unspecified atom stereocenters. The first kappa shape index (κ1) is 19.1. The number of carboxylic acid groups (broad SMARTS) is 1. The van der Waals surface area contributed by atoms with Crippen LogP contribution in [-0.4, -0.2) is 36.8 Å². The Morgan fingerprint density at radius 2 is 1.97 bits per heavy atom. The molecular weight excluding hydrogens is 374 g/mol. The van der Waals surface area contributed by atoms with Crippen molar-refractivity contribution in [3.05, 3.63) is 47.5 Å². The van der Waals surface area contributed by atoms with E-state index in [9.17, 15) is 14.7 Å². The van der Waals surface area contributed by atoms with Crippen LogP contribution in [0.3, 0.4) is 0 Å². The Kier molecular flexibility index (Phi) is 5.29. The van der Waals surface area contributed by atoms with Gasteiger partial charge < -0.3 is 24.2 Å². The van der Waals surface area contributed by atoms with Crippen molar-refractivity contribution >= 4 is 17.6 Å². The van der Waals surface area contributed by atoms with E-state index in [1.54, 1.807) is 18.1 Å². The van der Waals surface area contributed by atoms with E-state index in [-0.39, 0.29) is 24.2 Å². The van der Waals surface area contributed by atoms with E-state index in [4.69, 9.17) is 14.2 Å². The molecule has 152 valence electrons. The predicted molar refractivity (Wildman–Crippen MR) is 106 cm³/mol. The Labute approximate surface area is 168 Å². The Morgan fingerprint density at radius 3 is 2.69 bits per heavy atom. The van der Waals surface area contributed by atoms with Gasteiger partial charge in [-0.1, -0.05) is 6.07 Å². The summed E-state index contributed by atoms with van der Waals surface area (Å²) < 4.78 is 17.0. The van der Waals surface area contributed by atoms with E-state index < -0.39 is 5.97 Å². The van der Waals surface area contributed by atoms with E-state index in [2.05, 4.69) is 0 Å². The van der Waals surface area contributed by atoms with Gasteiger partial charge in [0.2, 0.25) is 0 Å². The lowest BCUT2D eigenvalue weighted by molar-refractivity contribution is -0.121. The van der Waals surface area contributed by atoms with Crippen LogP contribution >= 0.6 is 0 Å². The van der Waals surface area contributed by atoms with Crippen molar-refractivity contribution in [2.24, 2.45) is 0 Å². The second-order valence-electron chi connectivity index (χ2n) is 7.27. The lowest BCUT2D eigenvalue weighted by atomic mass is 10.1. The minimum Gasteiger partial charge on any atom is -0.493 e. The van der Waals surface area contributed by atoms with Crippen molar-refractivity contribution < 1.29 is 28.9 Å². The van der Waals surface area contributed by atoms with Gasteiger partial charge in [0.1, 0.15) is 5.75 Å². The number of nitrogens with zero attached hydrogens (tertiary/aromatic N) is 1. The third-order valence-corrected chi connectivity index (χ3v) is 5.31. The van der Waals surface area contributed by atoms with Crippen LogP contribution in [0.15, 0.2) is 36.4 Å². The van der Waals surface area contributed by atoms with Gasteiger partial charge in [-0.3, -0.25) is 4.79 Å². The molecule has 1 saturated carbocycles. The predicted octanol–water partition coefficient (Wildman–Crippen LogP) is 3.64. The average molecular weight is 397 g/mol. The molecule has 7 heteroatoms. The first-order chi connectivity index (χ1) is 14.0. The van der Waals surface area contributed by atoms with Crippen molar-refractivity contribution in [1.29, 1.82) is 0 Å². The van der Waals surface area contributed by atoms with Crippen LogP contribution in [0.1, 0.15) is 41.6 Å². The monoisotopic (exact) mass is 397 g/mol. The number of hydrogen-bond acceptors (Lipinski definition) is 5. The summed E-state index contributed by atoms with van der Waals surface area (Å²) in [6.07, 6.45) is 4.61. The zero-order chi connectivity index (χ0) is 20.4. The van der Waals surface area contributed by atoms with Gasteiger partial charge in [-0.2, -0.15) is 0 Å². The number of aromatic carboxylic acids is 1. The molecule has 7 nitrogen and oxygen atoms in total. The Hall–Kier alpha value is -3.22. The molecule has 4 rings (SSSR count). The summed E-state index contributed by atoms with van der Waals surface area (Å²) in [6, 6.07) is 10.2. The van der Waals surface area contributed by atoms with Crippen molar-refractivity contribution in [2.75, 3.05) is 18.6 Å². The van der Waals surface area contributed by atoms with E-state index in [0.29, 0.717) is 29.5 Å². The molecule has 0 radical (unpaired) electrons. The SMILES string of the molecule is COc1ccc(CN2C(=O)COc3cc(C(=O)O)ccc32)cc1OC1CCCC1. The van der Waals surface area contributed by atoms with Gasteiger partial charge >= 0.3 is 5.97 Å². The van der Waals surface area contributed by atoms with Crippen molar-refractivity contribution in [3.8, 4) is 17.2 Å². The Balaban J connectivity index is 1.60. The fourth-order valence-corrected chi connectivity index (χ4v) is 3.79. The number of anilines is 1. The molecule has 2 aliphatic rings. The molecule has 29 heavy (non-hydrogen) atoms. The summed E-state index contributed by atoms with van der Waals surface area (Å²) in [7, 11) is 1.61. The first-order valence-corrected chi connectivity index (χ1v) is 9.69. The molecule has 0 aromatic heterocycles. The minimum atomic E-state index is -1.04. The highest BCUT2D eigenvalue weighted by molar-refractivity contribution is 5.99. The highest BCUT2D eigenvalue weighted by Crippen LogP contribution is 2.36. The molecule has 0 spiro atoms. The average Bonchev–Trinajstić information content (AvgIpc) is 3.23. The fraction of sp³-hybridized carbons (Fsp3) is 0.364. The van der Waals surface area contributed by atoms with Crippen LogP contribution in [0.25, 0.3) is 0 Å². The van der Waals surface area contributed by atoms with Crippen LogP contribution < -0.4 is 19.1 Å². The zero-order valence-corrected chi connectivity index (χ0v) is 16.2. The summed E-state index contributed by atoms with van der Waals surface area (Å²) in [5, 5.41) is 9.17. The molecular formula is C22H23NO6. The molecule has 0 saturated heterocycles. The fourth-order valence-electron chi connectivity index (χ4n) is 3.79. The van der Waals surface area contributed by atoms with Gasteiger partial charge in [0.25, 0.3) is 5.91 Å². The lowest BCUT2D eigenvalue weighted by Gasteiger charge is -2.30. The topological polar surface area (TPSA) is 85.3 Å². The van der Waals surface area contributed by atoms with Crippen molar-refractivity contribution in [2.45, 2.75) is 38.3 Å². The standard InChI is InChI=1S/C22H23NO6/c1-27-18-9-6-14(10-20(18)29-16-4-2-3-5-16)12-23-17-8-7-15(22(25)26)11-19(17)28-13-21(23)24/h6-11,16H,2-5,12-13H2,1H3,(H,25,26). The number of carbonyl (C=O) groups excluding carboxylic acids is 1. The summed E-state index contributed by atoms with van der Waals surface area (Å²) in [5.74, 6) is 0.512. The number of ether oxygens (including phenoxy) is 3. The summed E-state index contributed by atoms with van der Waals surface area (Å²) in [5.41, 5.74) is 1.57. The number of methoxy groups -OCH3 is 1. The van der Waals surface area contributed by atoms with Crippen molar-refractivity contribution in [1.82, 2.24) is 0 Å². The summed E-state index contributed by atoms with van der Waals surface area (Å²) in [6.45, 7) is 0.199. The highest BCUT2D eigenvalue weighted by Gasteiger charge is 2.27. The Bertz CT molecular complexity index is 935. The summed E-state index contributed by atoms with van der Waals surface area (Å²) >= 11 is 0. The molecule has 0 bridgehead atoms. The number of fused-ring (bicyclic) bond motifs is 1. The molecule has 1 N–H and O–H groups in total. The normalized spacial score (nSPS) is 16.3.